The lowest BCUT2D eigenvalue weighted by molar-refractivity contribution is -0.112. The number of fused-ring (bicyclic) bond motifs is 1. The average molecular weight is 552 g/mol. The van der Waals surface area contributed by atoms with Crippen LogP contribution in [-0.4, -0.2) is 31.6 Å². The van der Waals surface area contributed by atoms with E-state index in [1.54, 1.807) is 30.3 Å². The number of halogens is 2. The van der Waals surface area contributed by atoms with Crippen molar-refractivity contribution in [2.45, 2.75) is 22.2 Å². The summed E-state index contributed by atoms with van der Waals surface area (Å²) in [4.78, 5) is 13.8. The maximum absolute atomic E-state index is 13.0. The Morgan fingerprint density at radius 2 is 1.83 bits per heavy atom. The van der Waals surface area contributed by atoms with Crippen molar-refractivity contribution in [1.29, 1.82) is 0 Å². The molecular formula is C24H19Cl2NO6S2. The van der Waals surface area contributed by atoms with Gasteiger partial charge in [0.05, 0.1) is 35.0 Å². The molecule has 4 rings (SSSR count). The van der Waals surface area contributed by atoms with E-state index in [1.807, 2.05) is 0 Å². The molecule has 0 aromatic heterocycles. The molecular weight excluding hydrogens is 533 g/mol. The number of nitrogens with one attached hydrogen (secondary N) is 1. The van der Waals surface area contributed by atoms with Crippen LogP contribution in [0.25, 0.3) is 6.08 Å². The molecule has 0 fully saturated rings. The number of thioether (sulfide) groups is 1. The molecule has 0 radical (unpaired) electrons. The molecule has 7 nitrogen and oxygen atoms in total. The minimum absolute atomic E-state index is 0.0170. The number of sulfone groups is 1. The second-order valence-electron chi connectivity index (χ2n) is 7.56. The fraction of sp³-hybridized carbons (Fsp3) is 0.125. The highest BCUT2D eigenvalue weighted by Crippen LogP contribution is 2.42. The van der Waals surface area contributed by atoms with E-state index in [4.69, 9.17) is 27.9 Å². The number of hydrogen-bond acceptors (Lipinski definition) is 7. The van der Waals surface area contributed by atoms with Gasteiger partial charge in [-0.05, 0) is 48.0 Å². The number of methoxy groups -OCH3 is 1. The van der Waals surface area contributed by atoms with Gasteiger partial charge in [-0.1, -0.05) is 41.0 Å². The van der Waals surface area contributed by atoms with Gasteiger partial charge in [-0.15, -0.1) is 0 Å². The molecule has 0 unspecified atom stereocenters. The van der Waals surface area contributed by atoms with Gasteiger partial charge in [0, 0.05) is 32.1 Å². The summed E-state index contributed by atoms with van der Waals surface area (Å²) in [6.07, 6.45) is 1.55. The van der Waals surface area contributed by atoms with Gasteiger partial charge in [0.2, 0.25) is 0 Å². The second-order valence-corrected chi connectivity index (χ2v) is 11.4. The van der Waals surface area contributed by atoms with Crippen LogP contribution >= 0.6 is 35.0 Å². The number of ether oxygens (including phenoxy) is 1. The summed E-state index contributed by atoms with van der Waals surface area (Å²) in [7, 11) is -2.39. The van der Waals surface area contributed by atoms with Crippen LogP contribution in [0.1, 0.15) is 16.7 Å². The summed E-state index contributed by atoms with van der Waals surface area (Å²) in [5.74, 6) is -0.627. The van der Waals surface area contributed by atoms with Crippen LogP contribution in [0.4, 0.5) is 5.69 Å². The lowest BCUT2D eigenvalue weighted by Crippen LogP contribution is -2.18. The molecule has 1 aliphatic rings. The van der Waals surface area contributed by atoms with Crippen molar-refractivity contribution in [2.24, 2.45) is 0 Å². The number of hydrogen-bond donors (Lipinski definition) is 3. The lowest BCUT2D eigenvalue weighted by Gasteiger charge is -2.20. The van der Waals surface area contributed by atoms with Gasteiger partial charge in [0.1, 0.15) is 11.5 Å². The Balaban J connectivity index is 1.67. The molecule has 0 saturated heterocycles. The fourth-order valence-electron chi connectivity index (χ4n) is 3.54. The van der Waals surface area contributed by atoms with Crippen molar-refractivity contribution < 1.29 is 28.2 Å². The number of phenols is 1. The van der Waals surface area contributed by atoms with Gasteiger partial charge in [0.15, 0.2) is 9.84 Å². The zero-order valence-electron chi connectivity index (χ0n) is 18.2. The highest BCUT2D eigenvalue weighted by Gasteiger charge is 2.26. The van der Waals surface area contributed by atoms with Crippen molar-refractivity contribution in [2.75, 3.05) is 12.4 Å². The summed E-state index contributed by atoms with van der Waals surface area (Å²) < 4.78 is 31.4. The molecule has 3 aromatic rings. The minimum Gasteiger partial charge on any atom is -0.508 e. The Kier molecular flexibility index (Phi) is 7.35. The van der Waals surface area contributed by atoms with Crippen molar-refractivity contribution >= 4 is 62.5 Å². The second kappa shape index (κ2) is 10.1. The number of rotatable bonds is 6. The molecule has 3 aromatic carbocycles. The Bertz CT molecular complexity index is 1430. The quantitative estimate of drug-likeness (QED) is 0.358. The summed E-state index contributed by atoms with van der Waals surface area (Å²) in [6.45, 7) is -0.372. The maximum atomic E-state index is 13.0. The van der Waals surface area contributed by atoms with E-state index >= 15 is 0 Å². The van der Waals surface area contributed by atoms with Crippen LogP contribution < -0.4 is 10.1 Å². The first kappa shape index (κ1) is 25.4. The Morgan fingerprint density at radius 3 is 2.49 bits per heavy atom. The number of aromatic hydroxyl groups is 1. The Labute approximate surface area is 216 Å². The molecule has 1 amide bonds. The SMILES string of the molecule is COc1cc(O)cc(CO)c1/C=C1\Sc2ccc(S(=O)(=O)Cc3c(Cl)cccc3Cl)cc2NC1=O. The topological polar surface area (TPSA) is 113 Å². The summed E-state index contributed by atoms with van der Waals surface area (Å²) in [6, 6.07) is 12.0. The van der Waals surface area contributed by atoms with Gasteiger partial charge in [-0.25, -0.2) is 8.42 Å². The molecule has 35 heavy (non-hydrogen) atoms. The van der Waals surface area contributed by atoms with Crippen LogP contribution in [0, 0.1) is 0 Å². The molecule has 1 heterocycles. The zero-order valence-corrected chi connectivity index (χ0v) is 21.4. The van der Waals surface area contributed by atoms with E-state index in [-0.39, 0.29) is 33.0 Å². The number of carbonyl (C=O) groups excluding carboxylic acids is 1. The molecule has 0 spiro atoms. The fourth-order valence-corrected chi connectivity index (χ4v) is 6.57. The first-order chi connectivity index (χ1) is 16.6. The standard InChI is InChI=1S/C24H19Cl2NO6S2/c1-33-21-8-14(29)7-13(11-28)16(21)10-23-24(30)27-20-9-15(5-6-22(20)34-23)35(31,32)12-17-18(25)3-2-4-19(17)26/h2-10,28-29H,11-12H2,1H3,(H,27,30)/b23-10-. The molecule has 11 heteroatoms. The first-order valence-electron chi connectivity index (χ1n) is 10.1. The molecule has 3 N–H and O–H groups in total. The highest BCUT2D eigenvalue weighted by atomic mass is 35.5. The Hall–Kier alpha value is -2.69. The number of carbonyl (C=O) groups is 1. The molecule has 0 bridgehead atoms. The van der Waals surface area contributed by atoms with Crippen LogP contribution in [0.2, 0.25) is 10.0 Å². The number of phenolic OH excluding ortho intramolecular Hbond substituents is 1. The van der Waals surface area contributed by atoms with E-state index < -0.39 is 15.7 Å². The smallest absolute Gasteiger partial charge is 0.262 e. The average Bonchev–Trinajstić information content (AvgIpc) is 2.82. The monoisotopic (exact) mass is 551 g/mol. The predicted octanol–water partition coefficient (Wildman–Crippen LogP) is 5.26. The van der Waals surface area contributed by atoms with Gasteiger partial charge < -0.3 is 20.3 Å². The largest absolute Gasteiger partial charge is 0.508 e. The van der Waals surface area contributed by atoms with Gasteiger partial charge in [0.25, 0.3) is 5.91 Å². The van der Waals surface area contributed by atoms with Gasteiger partial charge in [-0.3, -0.25) is 4.79 Å². The van der Waals surface area contributed by atoms with Crippen LogP contribution in [0.15, 0.2) is 63.2 Å². The van der Waals surface area contributed by atoms with E-state index in [9.17, 15) is 23.4 Å². The number of benzene rings is 3. The normalized spacial score (nSPS) is 14.5. The molecule has 0 saturated carbocycles. The van der Waals surface area contributed by atoms with Gasteiger partial charge in [-0.2, -0.15) is 0 Å². The molecule has 0 atom stereocenters. The Morgan fingerprint density at radius 1 is 1.11 bits per heavy atom. The van der Waals surface area contributed by atoms with E-state index in [2.05, 4.69) is 5.32 Å². The van der Waals surface area contributed by atoms with Crippen molar-refractivity contribution in [3.63, 3.8) is 0 Å². The maximum Gasteiger partial charge on any atom is 0.262 e. The van der Waals surface area contributed by atoms with E-state index in [0.717, 1.165) is 11.8 Å². The predicted molar refractivity (Wildman–Crippen MR) is 137 cm³/mol. The van der Waals surface area contributed by atoms with Crippen molar-refractivity contribution in [3.8, 4) is 11.5 Å². The minimum atomic E-state index is -3.81. The summed E-state index contributed by atoms with van der Waals surface area (Å²) in [5, 5.41) is 22.7. The van der Waals surface area contributed by atoms with Crippen molar-refractivity contribution in [3.05, 3.63) is 80.2 Å². The number of amides is 1. The number of aliphatic hydroxyl groups is 1. The van der Waals surface area contributed by atoms with Crippen molar-refractivity contribution in [1.82, 2.24) is 0 Å². The first-order valence-corrected chi connectivity index (χ1v) is 13.4. The highest BCUT2D eigenvalue weighted by molar-refractivity contribution is 8.04. The van der Waals surface area contributed by atoms with Crippen LogP contribution in [0.5, 0.6) is 11.5 Å². The number of anilines is 1. The van der Waals surface area contributed by atoms with Crippen LogP contribution in [0.3, 0.4) is 0 Å². The zero-order chi connectivity index (χ0) is 25.3. The van der Waals surface area contributed by atoms with Gasteiger partial charge >= 0.3 is 0 Å². The third-order valence-corrected chi connectivity index (χ3v) is 8.72. The molecule has 0 aliphatic carbocycles. The third kappa shape index (κ3) is 5.29. The van der Waals surface area contributed by atoms with Crippen LogP contribution in [-0.2, 0) is 27.0 Å². The van der Waals surface area contributed by atoms with E-state index in [1.165, 1.54) is 31.4 Å². The summed E-state index contributed by atoms with van der Waals surface area (Å²) in [5.41, 5.74) is 1.49. The molecule has 182 valence electrons. The lowest BCUT2D eigenvalue weighted by atomic mass is 10.1. The summed E-state index contributed by atoms with van der Waals surface area (Å²) >= 11 is 13.4. The van der Waals surface area contributed by atoms with E-state index in [0.29, 0.717) is 37.9 Å². The molecule has 1 aliphatic heterocycles. The number of aliphatic hydroxyl groups excluding tert-OH is 1. The third-order valence-electron chi connectivity index (χ3n) is 5.28.